The molecule has 1 aromatic carbocycles. The third kappa shape index (κ3) is 3.92. The number of hydrogen-bond acceptors (Lipinski definition) is 3. The predicted molar refractivity (Wildman–Crippen MR) is 94.8 cm³/mol. The van der Waals surface area contributed by atoms with Crippen molar-refractivity contribution in [3.05, 3.63) is 29.8 Å². The lowest BCUT2D eigenvalue weighted by molar-refractivity contribution is 0.0305. The van der Waals surface area contributed by atoms with Gasteiger partial charge in [0.2, 0.25) is 0 Å². The molecule has 0 saturated carbocycles. The molecule has 0 radical (unpaired) electrons. The Morgan fingerprint density at radius 1 is 0.773 bits per heavy atom. The molecule has 0 heterocycles. The number of hydrogen-bond donors (Lipinski definition) is 2. The van der Waals surface area contributed by atoms with Crippen molar-refractivity contribution in [1.29, 1.82) is 0 Å². The van der Waals surface area contributed by atoms with E-state index in [-0.39, 0.29) is 0 Å². The maximum atomic E-state index is 9.90. The van der Waals surface area contributed by atoms with E-state index < -0.39 is 20.5 Å². The van der Waals surface area contributed by atoms with Gasteiger partial charge in [-0.1, -0.05) is 53.7 Å². The molecule has 0 aliphatic heterocycles. The van der Waals surface area contributed by atoms with Crippen LogP contribution in [0, 0.1) is 0 Å². The van der Waals surface area contributed by atoms with Gasteiger partial charge in [-0.15, -0.1) is 0 Å². The van der Waals surface area contributed by atoms with Crippen molar-refractivity contribution in [2.75, 3.05) is 0 Å². The summed E-state index contributed by atoms with van der Waals surface area (Å²) in [4.78, 5) is 0. The molecule has 0 aliphatic rings. The van der Waals surface area contributed by atoms with Crippen LogP contribution in [0.2, 0.25) is 16.6 Å². The van der Waals surface area contributed by atoms with Crippen LogP contribution >= 0.6 is 0 Å². The van der Waals surface area contributed by atoms with E-state index in [1.54, 1.807) is 6.92 Å². The Labute approximate surface area is 136 Å². The Hall–Kier alpha value is -0.843. The van der Waals surface area contributed by atoms with Gasteiger partial charge in [-0.2, -0.15) is 0 Å². The van der Waals surface area contributed by atoms with Gasteiger partial charge in [-0.05, 0) is 41.2 Å². The van der Waals surface area contributed by atoms with E-state index in [1.165, 1.54) is 0 Å². The summed E-state index contributed by atoms with van der Waals surface area (Å²) in [6.07, 6.45) is -1.63. The van der Waals surface area contributed by atoms with Crippen molar-refractivity contribution in [1.82, 2.24) is 0 Å². The average molecular weight is 325 g/mol. The van der Waals surface area contributed by atoms with Crippen LogP contribution in [0.25, 0.3) is 0 Å². The lowest BCUT2D eigenvalue weighted by Gasteiger charge is -2.42. The Kier molecular flexibility index (Phi) is 6.65. The van der Waals surface area contributed by atoms with Gasteiger partial charge in [0.25, 0.3) is 8.32 Å². The van der Waals surface area contributed by atoms with Crippen molar-refractivity contribution in [3.8, 4) is 5.75 Å². The fraction of sp³-hybridized carbons (Fsp3) is 0.667. The van der Waals surface area contributed by atoms with Crippen LogP contribution in [0.15, 0.2) is 24.3 Å². The smallest absolute Gasteiger partial charge is 0.258 e. The molecule has 2 atom stereocenters. The zero-order valence-electron chi connectivity index (χ0n) is 15.0. The van der Waals surface area contributed by atoms with Gasteiger partial charge in [-0.3, -0.25) is 0 Å². The number of aliphatic hydroxyl groups is 2. The van der Waals surface area contributed by atoms with Gasteiger partial charge in [0, 0.05) is 0 Å². The normalized spacial score (nSPS) is 15.5. The van der Waals surface area contributed by atoms with Crippen molar-refractivity contribution in [3.63, 3.8) is 0 Å². The van der Waals surface area contributed by atoms with Crippen LogP contribution < -0.4 is 4.43 Å². The fourth-order valence-electron chi connectivity index (χ4n) is 3.57. The van der Waals surface area contributed by atoms with Crippen molar-refractivity contribution in [2.45, 2.75) is 77.3 Å². The van der Waals surface area contributed by atoms with Gasteiger partial charge in [0.1, 0.15) is 11.9 Å². The molecule has 126 valence electrons. The lowest BCUT2D eigenvalue weighted by atomic mass is 10.1. The Morgan fingerprint density at radius 2 is 1.18 bits per heavy atom. The van der Waals surface area contributed by atoms with E-state index >= 15 is 0 Å². The van der Waals surface area contributed by atoms with Gasteiger partial charge < -0.3 is 14.6 Å². The zero-order valence-corrected chi connectivity index (χ0v) is 16.0. The largest absolute Gasteiger partial charge is 0.543 e. The summed E-state index contributed by atoms with van der Waals surface area (Å²) in [7, 11) is -1.95. The number of aliphatic hydroxyl groups excluding tert-OH is 2. The SMILES string of the molecule is CC(C)[Si](Oc1ccc([C@@H](O)[C@@H](C)O)cc1)(C(C)C)C(C)C. The third-order valence-electron chi connectivity index (χ3n) is 4.68. The molecule has 0 fully saturated rings. The molecule has 0 aromatic heterocycles. The van der Waals surface area contributed by atoms with Gasteiger partial charge in [-0.25, -0.2) is 0 Å². The fourth-order valence-corrected chi connectivity index (χ4v) is 8.82. The molecule has 3 nitrogen and oxygen atoms in total. The second-order valence-electron chi connectivity index (χ2n) is 7.17. The molecule has 0 saturated heterocycles. The van der Waals surface area contributed by atoms with Crippen LogP contribution in [0.4, 0.5) is 0 Å². The highest BCUT2D eigenvalue weighted by Gasteiger charge is 2.46. The van der Waals surface area contributed by atoms with E-state index in [1.807, 2.05) is 24.3 Å². The quantitative estimate of drug-likeness (QED) is 0.717. The van der Waals surface area contributed by atoms with Crippen molar-refractivity contribution >= 4 is 8.32 Å². The minimum atomic E-state index is -1.95. The summed E-state index contributed by atoms with van der Waals surface area (Å²) in [6, 6.07) is 7.51. The van der Waals surface area contributed by atoms with Gasteiger partial charge >= 0.3 is 0 Å². The molecule has 1 rings (SSSR count). The second-order valence-corrected chi connectivity index (χ2v) is 12.5. The summed E-state index contributed by atoms with van der Waals surface area (Å²) < 4.78 is 6.58. The summed E-state index contributed by atoms with van der Waals surface area (Å²) in [6.45, 7) is 15.2. The van der Waals surface area contributed by atoms with Crippen LogP contribution in [0.1, 0.15) is 60.1 Å². The van der Waals surface area contributed by atoms with Crippen molar-refractivity contribution < 1.29 is 14.6 Å². The average Bonchev–Trinajstić information content (AvgIpc) is 2.43. The highest BCUT2D eigenvalue weighted by Crippen LogP contribution is 2.42. The molecule has 0 aliphatic carbocycles. The first-order valence-electron chi connectivity index (χ1n) is 8.28. The monoisotopic (exact) mass is 324 g/mol. The second kappa shape index (κ2) is 7.62. The van der Waals surface area contributed by atoms with E-state index in [2.05, 4.69) is 41.5 Å². The summed E-state index contributed by atoms with van der Waals surface area (Å²) in [5, 5.41) is 19.4. The molecular formula is C18H32O3Si. The predicted octanol–water partition coefficient (Wildman–Crippen LogP) is 4.66. The molecule has 0 unspecified atom stereocenters. The van der Waals surface area contributed by atoms with Crippen LogP contribution in [-0.4, -0.2) is 24.6 Å². The first-order valence-corrected chi connectivity index (χ1v) is 10.4. The van der Waals surface area contributed by atoms with E-state index in [9.17, 15) is 10.2 Å². The van der Waals surface area contributed by atoms with Crippen LogP contribution in [0.3, 0.4) is 0 Å². The minimum Gasteiger partial charge on any atom is -0.543 e. The number of rotatable bonds is 7. The standard InChI is InChI=1S/C18H32O3Si/c1-12(2)22(13(3)4,14(5)6)21-17-10-8-16(9-11-17)18(20)15(7)19/h8-15,18-20H,1-7H3/t15-,18+/m1/s1. The molecule has 2 N–H and O–H groups in total. The Morgan fingerprint density at radius 3 is 1.50 bits per heavy atom. The maximum absolute atomic E-state index is 9.90. The Bertz CT molecular complexity index is 430. The van der Waals surface area contributed by atoms with Crippen LogP contribution in [-0.2, 0) is 0 Å². The molecule has 22 heavy (non-hydrogen) atoms. The lowest BCUT2D eigenvalue weighted by Crippen LogP contribution is -2.50. The Balaban J connectivity index is 3.05. The summed E-state index contributed by atoms with van der Waals surface area (Å²) >= 11 is 0. The minimum absolute atomic E-state index is 0.523. The highest BCUT2D eigenvalue weighted by molar-refractivity contribution is 6.78. The third-order valence-corrected chi connectivity index (χ3v) is 10.7. The zero-order chi connectivity index (χ0) is 17.1. The maximum Gasteiger partial charge on any atom is 0.258 e. The molecule has 4 heteroatoms. The molecular weight excluding hydrogens is 292 g/mol. The highest BCUT2D eigenvalue weighted by atomic mass is 28.4. The molecule has 1 aromatic rings. The molecule has 0 spiro atoms. The number of benzene rings is 1. The van der Waals surface area contributed by atoms with Crippen LogP contribution in [0.5, 0.6) is 5.75 Å². The first-order chi connectivity index (χ1) is 10.1. The van der Waals surface area contributed by atoms with Crippen molar-refractivity contribution in [2.24, 2.45) is 0 Å². The summed E-state index contributed by atoms with van der Waals surface area (Å²) in [5.74, 6) is 0.865. The van der Waals surface area contributed by atoms with E-state index in [0.29, 0.717) is 22.2 Å². The molecule has 0 bridgehead atoms. The van der Waals surface area contributed by atoms with E-state index in [0.717, 1.165) is 5.75 Å². The van der Waals surface area contributed by atoms with Gasteiger partial charge in [0.05, 0.1) is 6.10 Å². The molecule has 0 amide bonds. The summed E-state index contributed by atoms with van der Waals surface area (Å²) in [5.41, 5.74) is 2.29. The topological polar surface area (TPSA) is 49.7 Å². The van der Waals surface area contributed by atoms with E-state index in [4.69, 9.17) is 4.43 Å². The first kappa shape index (κ1) is 19.2. The van der Waals surface area contributed by atoms with Gasteiger partial charge in [0.15, 0.2) is 0 Å².